The van der Waals surface area contributed by atoms with Crippen molar-refractivity contribution in [2.75, 3.05) is 13.1 Å². The minimum Gasteiger partial charge on any atom is -0.389 e. The zero-order chi connectivity index (χ0) is 11.7. The van der Waals surface area contributed by atoms with Crippen LogP contribution in [0.25, 0.3) is 0 Å². The van der Waals surface area contributed by atoms with E-state index in [-0.39, 0.29) is 0 Å². The summed E-state index contributed by atoms with van der Waals surface area (Å²) in [5.74, 6) is 0.803. The molecule has 2 N–H and O–H groups in total. The summed E-state index contributed by atoms with van der Waals surface area (Å²) < 4.78 is 0. The Balaban J connectivity index is 1.72. The Hall–Kier alpha value is -0.860. The lowest BCUT2D eigenvalue weighted by molar-refractivity contribution is 0.0108. The number of aliphatic hydroxyl groups is 1. The van der Waals surface area contributed by atoms with Crippen molar-refractivity contribution >= 4 is 0 Å². The summed E-state index contributed by atoms with van der Waals surface area (Å²) in [6.07, 6.45) is 5.26. The molecule has 2 aliphatic rings. The van der Waals surface area contributed by atoms with Crippen LogP contribution >= 0.6 is 0 Å². The molecule has 0 atom stereocenters. The van der Waals surface area contributed by atoms with Crippen molar-refractivity contribution in [2.45, 2.75) is 43.6 Å². The van der Waals surface area contributed by atoms with Gasteiger partial charge < -0.3 is 10.4 Å². The van der Waals surface area contributed by atoms with Crippen LogP contribution in [-0.2, 0) is 6.42 Å². The monoisotopic (exact) mass is 231 g/mol. The molecule has 1 saturated carbocycles. The SMILES string of the molecule is OC1(Cc2cccc(C3CC3)c2)CCNCC1. The number of piperidine rings is 1. The second kappa shape index (κ2) is 4.43. The Kier molecular flexibility index (Phi) is 2.93. The summed E-state index contributed by atoms with van der Waals surface area (Å²) in [4.78, 5) is 0. The van der Waals surface area contributed by atoms with Crippen molar-refractivity contribution in [3.8, 4) is 0 Å². The predicted octanol–water partition coefficient (Wildman–Crippen LogP) is 2.22. The molecule has 1 aliphatic carbocycles. The Morgan fingerprint density at radius 3 is 2.71 bits per heavy atom. The maximum atomic E-state index is 10.5. The van der Waals surface area contributed by atoms with E-state index in [2.05, 4.69) is 29.6 Å². The van der Waals surface area contributed by atoms with Crippen LogP contribution in [0.15, 0.2) is 24.3 Å². The zero-order valence-corrected chi connectivity index (χ0v) is 10.3. The van der Waals surface area contributed by atoms with Crippen LogP contribution in [0, 0.1) is 0 Å². The highest BCUT2D eigenvalue weighted by Crippen LogP contribution is 2.40. The lowest BCUT2D eigenvalue weighted by Gasteiger charge is -2.32. The quantitative estimate of drug-likeness (QED) is 0.836. The van der Waals surface area contributed by atoms with E-state index in [1.807, 2.05) is 0 Å². The highest BCUT2D eigenvalue weighted by molar-refractivity contribution is 5.30. The fourth-order valence-corrected chi connectivity index (χ4v) is 2.82. The zero-order valence-electron chi connectivity index (χ0n) is 10.3. The topological polar surface area (TPSA) is 32.3 Å². The molecule has 1 heterocycles. The lowest BCUT2D eigenvalue weighted by Crippen LogP contribution is -2.43. The summed E-state index contributed by atoms with van der Waals surface area (Å²) in [5.41, 5.74) is 2.30. The van der Waals surface area contributed by atoms with Crippen molar-refractivity contribution in [3.63, 3.8) is 0 Å². The first kappa shape index (κ1) is 11.2. The Labute approximate surface area is 103 Å². The third kappa shape index (κ3) is 2.70. The van der Waals surface area contributed by atoms with Crippen molar-refractivity contribution < 1.29 is 5.11 Å². The van der Waals surface area contributed by atoms with Gasteiger partial charge in [-0.3, -0.25) is 0 Å². The standard InChI is InChI=1S/C15H21NO/c17-15(6-8-16-9-7-15)11-12-2-1-3-14(10-12)13-4-5-13/h1-3,10,13,16-17H,4-9,11H2. The van der Waals surface area contributed by atoms with Crippen LogP contribution < -0.4 is 5.32 Å². The van der Waals surface area contributed by atoms with Crippen LogP contribution in [0.2, 0.25) is 0 Å². The molecule has 1 aromatic carbocycles. The van der Waals surface area contributed by atoms with E-state index in [9.17, 15) is 5.11 Å². The fraction of sp³-hybridized carbons (Fsp3) is 0.600. The molecule has 1 aliphatic heterocycles. The molecule has 2 fully saturated rings. The molecule has 2 heteroatoms. The first-order valence-electron chi connectivity index (χ1n) is 6.77. The molecule has 1 aromatic rings. The number of hydrogen-bond acceptors (Lipinski definition) is 2. The summed E-state index contributed by atoms with van der Waals surface area (Å²) in [7, 11) is 0. The highest BCUT2D eigenvalue weighted by Gasteiger charge is 2.30. The highest BCUT2D eigenvalue weighted by atomic mass is 16.3. The largest absolute Gasteiger partial charge is 0.389 e. The molecule has 1 saturated heterocycles. The molecule has 0 aromatic heterocycles. The second-order valence-electron chi connectivity index (χ2n) is 5.67. The van der Waals surface area contributed by atoms with E-state index in [0.717, 1.165) is 38.3 Å². The third-order valence-electron chi connectivity index (χ3n) is 4.07. The second-order valence-corrected chi connectivity index (χ2v) is 5.67. The van der Waals surface area contributed by atoms with Gasteiger partial charge in [-0.05, 0) is 55.8 Å². The Morgan fingerprint density at radius 1 is 1.24 bits per heavy atom. The summed E-state index contributed by atoms with van der Waals surface area (Å²) in [6, 6.07) is 8.84. The number of benzene rings is 1. The molecule has 0 radical (unpaired) electrons. The van der Waals surface area contributed by atoms with E-state index in [1.165, 1.54) is 24.0 Å². The van der Waals surface area contributed by atoms with Gasteiger partial charge in [0.05, 0.1) is 5.60 Å². The normalized spacial score (nSPS) is 23.6. The van der Waals surface area contributed by atoms with E-state index in [1.54, 1.807) is 0 Å². The van der Waals surface area contributed by atoms with Crippen molar-refractivity contribution in [1.82, 2.24) is 5.32 Å². The molecule has 0 amide bonds. The van der Waals surface area contributed by atoms with Crippen molar-refractivity contribution in [1.29, 1.82) is 0 Å². The van der Waals surface area contributed by atoms with Gasteiger partial charge >= 0.3 is 0 Å². The number of rotatable bonds is 3. The van der Waals surface area contributed by atoms with Gasteiger partial charge in [0.25, 0.3) is 0 Å². The first-order valence-corrected chi connectivity index (χ1v) is 6.77. The molecule has 3 rings (SSSR count). The van der Waals surface area contributed by atoms with E-state index in [0.29, 0.717) is 0 Å². The van der Waals surface area contributed by atoms with Crippen LogP contribution in [0.5, 0.6) is 0 Å². The van der Waals surface area contributed by atoms with Crippen molar-refractivity contribution in [3.05, 3.63) is 35.4 Å². The number of nitrogens with one attached hydrogen (secondary N) is 1. The summed E-state index contributed by atoms with van der Waals surface area (Å²) in [5, 5.41) is 13.8. The van der Waals surface area contributed by atoms with Crippen molar-refractivity contribution in [2.24, 2.45) is 0 Å². The fourth-order valence-electron chi connectivity index (χ4n) is 2.82. The number of hydrogen-bond donors (Lipinski definition) is 2. The molecular weight excluding hydrogens is 210 g/mol. The Bertz CT molecular complexity index is 392. The Morgan fingerprint density at radius 2 is 2.00 bits per heavy atom. The molecule has 0 spiro atoms. The molecule has 0 bridgehead atoms. The molecular formula is C15H21NO. The maximum Gasteiger partial charge on any atom is 0.0712 e. The summed E-state index contributed by atoms with van der Waals surface area (Å²) in [6.45, 7) is 1.89. The van der Waals surface area contributed by atoms with Gasteiger partial charge in [0.2, 0.25) is 0 Å². The van der Waals surface area contributed by atoms with Gasteiger partial charge in [-0.25, -0.2) is 0 Å². The van der Waals surface area contributed by atoms with E-state index >= 15 is 0 Å². The third-order valence-corrected chi connectivity index (χ3v) is 4.07. The first-order chi connectivity index (χ1) is 8.25. The van der Waals surface area contributed by atoms with E-state index < -0.39 is 5.60 Å². The predicted molar refractivity (Wildman–Crippen MR) is 69.2 cm³/mol. The van der Waals surface area contributed by atoms with Gasteiger partial charge in [-0.1, -0.05) is 24.3 Å². The minimum absolute atomic E-state index is 0.479. The van der Waals surface area contributed by atoms with Gasteiger partial charge in [0, 0.05) is 6.42 Å². The molecule has 0 unspecified atom stereocenters. The van der Waals surface area contributed by atoms with Crippen LogP contribution in [0.1, 0.15) is 42.7 Å². The molecule has 17 heavy (non-hydrogen) atoms. The average molecular weight is 231 g/mol. The average Bonchev–Trinajstić information content (AvgIpc) is 3.13. The van der Waals surface area contributed by atoms with E-state index in [4.69, 9.17) is 0 Å². The van der Waals surface area contributed by atoms with Crippen LogP contribution in [-0.4, -0.2) is 23.8 Å². The molecule has 2 nitrogen and oxygen atoms in total. The smallest absolute Gasteiger partial charge is 0.0712 e. The minimum atomic E-state index is -0.479. The molecule has 92 valence electrons. The van der Waals surface area contributed by atoms with Gasteiger partial charge in [0.15, 0.2) is 0 Å². The lowest BCUT2D eigenvalue weighted by atomic mass is 9.85. The van der Waals surface area contributed by atoms with Gasteiger partial charge in [0.1, 0.15) is 0 Å². The van der Waals surface area contributed by atoms with Crippen LogP contribution in [0.3, 0.4) is 0 Å². The van der Waals surface area contributed by atoms with Crippen LogP contribution in [0.4, 0.5) is 0 Å². The van der Waals surface area contributed by atoms with Gasteiger partial charge in [-0.2, -0.15) is 0 Å². The summed E-state index contributed by atoms with van der Waals surface area (Å²) >= 11 is 0. The van der Waals surface area contributed by atoms with Gasteiger partial charge in [-0.15, -0.1) is 0 Å². The maximum absolute atomic E-state index is 10.5.